The second kappa shape index (κ2) is 10.5. The highest BCUT2D eigenvalue weighted by atomic mass is 32.2. The summed E-state index contributed by atoms with van der Waals surface area (Å²) in [5.41, 5.74) is 0.665. The van der Waals surface area contributed by atoms with E-state index in [1.165, 1.54) is 18.2 Å². The number of ether oxygens (including phenoxy) is 1. The number of hydrogen-bond donors (Lipinski definition) is 0. The Bertz CT molecular complexity index is 719. The smallest absolute Gasteiger partial charge is 0.338 e. The Labute approximate surface area is 152 Å². The number of rotatable bonds is 11. The van der Waals surface area contributed by atoms with Crippen molar-refractivity contribution in [3.8, 4) is 0 Å². The molecule has 0 fully saturated rings. The van der Waals surface area contributed by atoms with Gasteiger partial charge in [0.05, 0.1) is 5.69 Å². The van der Waals surface area contributed by atoms with E-state index in [4.69, 9.17) is 9.15 Å². The molecule has 0 bridgehead atoms. The molecular weight excluding hydrogens is 341 g/mol. The highest BCUT2D eigenvalue weighted by Gasteiger charge is 2.12. The molecule has 0 radical (unpaired) electrons. The van der Waals surface area contributed by atoms with Crippen LogP contribution in [0.5, 0.6) is 0 Å². The highest BCUT2D eigenvalue weighted by molar-refractivity contribution is 7.99. The first-order valence-corrected chi connectivity index (χ1v) is 9.95. The Morgan fingerprint density at radius 3 is 2.76 bits per heavy atom. The molecule has 1 aromatic heterocycles. The zero-order chi connectivity index (χ0) is 18.1. The lowest BCUT2D eigenvalue weighted by atomic mass is 10.2. The standard InChI is InChI=1S/C19H26FNO3S/c1-3-21(9-5-11-25-12-6-10-23-4-2)17-14-19(22)24-18-13-15(20)7-8-16(17)18/h7-8,13-14H,3-6,9-12H2,1-2H3. The average molecular weight is 367 g/mol. The molecule has 0 saturated heterocycles. The lowest BCUT2D eigenvalue weighted by Gasteiger charge is -2.24. The van der Waals surface area contributed by atoms with Crippen LogP contribution >= 0.6 is 11.8 Å². The Morgan fingerprint density at radius 1 is 1.20 bits per heavy atom. The third kappa shape index (κ3) is 6.04. The van der Waals surface area contributed by atoms with Gasteiger partial charge in [0.2, 0.25) is 0 Å². The van der Waals surface area contributed by atoms with Crippen molar-refractivity contribution in [2.75, 3.05) is 42.7 Å². The maximum atomic E-state index is 13.4. The minimum Gasteiger partial charge on any atom is -0.422 e. The molecule has 25 heavy (non-hydrogen) atoms. The van der Waals surface area contributed by atoms with Crippen LogP contribution in [-0.2, 0) is 4.74 Å². The van der Waals surface area contributed by atoms with Crippen molar-refractivity contribution in [1.29, 1.82) is 0 Å². The topological polar surface area (TPSA) is 42.7 Å². The number of fused-ring (bicyclic) bond motifs is 1. The summed E-state index contributed by atoms with van der Waals surface area (Å²) in [7, 11) is 0. The van der Waals surface area contributed by atoms with Crippen molar-refractivity contribution in [2.45, 2.75) is 26.7 Å². The molecule has 2 aromatic rings. The normalized spacial score (nSPS) is 11.2. The summed E-state index contributed by atoms with van der Waals surface area (Å²) < 4.78 is 23.9. The fourth-order valence-electron chi connectivity index (χ4n) is 2.70. The molecular formula is C19H26FNO3S. The first-order chi connectivity index (χ1) is 12.2. The average Bonchev–Trinajstić information content (AvgIpc) is 2.59. The summed E-state index contributed by atoms with van der Waals surface area (Å²) in [6, 6.07) is 5.84. The summed E-state index contributed by atoms with van der Waals surface area (Å²) in [5, 5.41) is 0.771. The van der Waals surface area contributed by atoms with Crippen molar-refractivity contribution in [3.63, 3.8) is 0 Å². The maximum Gasteiger partial charge on any atom is 0.338 e. The largest absolute Gasteiger partial charge is 0.422 e. The second-order valence-electron chi connectivity index (χ2n) is 5.69. The van der Waals surface area contributed by atoms with Crippen LogP contribution in [0.25, 0.3) is 11.0 Å². The molecule has 0 amide bonds. The number of anilines is 1. The van der Waals surface area contributed by atoms with Crippen molar-refractivity contribution < 1.29 is 13.5 Å². The third-order valence-electron chi connectivity index (χ3n) is 3.91. The van der Waals surface area contributed by atoms with Gasteiger partial charge in [-0.2, -0.15) is 11.8 Å². The fourth-order valence-corrected chi connectivity index (χ4v) is 3.56. The minimum absolute atomic E-state index is 0.297. The summed E-state index contributed by atoms with van der Waals surface area (Å²) >= 11 is 1.92. The van der Waals surface area contributed by atoms with Gasteiger partial charge in [0.25, 0.3) is 0 Å². The van der Waals surface area contributed by atoms with E-state index in [0.29, 0.717) is 5.58 Å². The van der Waals surface area contributed by atoms with Gasteiger partial charge in [0.15, 0.2) is 0 Å². The molecule has 6 heteroatoms. The molecule has 0 spiro atoms. The van der Waals surface area contributed by atoms with Crippen LogP contribution in [0.15, 0.2) is 33.5 Å². The van der Waals surface area contributed by atoms with Crippen LogP contribution in [0, 0.1) is 5.82 Å². The molecule has 0 unspecified atom stereocenters. The van der Waals surface area contributed by atoms with Gasteiger partial charge >= 0.3 is 5.63 Å². The molecule has 0 atom stereocenters. The number of hydrogen-bond acceptors (Lipinski definition) is 5. The van der Waals surface area contributed by atoms with Gasteiger partial charge in [0, 0.05) is 43.8 Å². The number of thioether (sulfide) groups is 1. The quantitative estimate of drug-likeness (QED) is 0.437. The summed E-state index contributed by atoms with van der Waals surface area (Å²) in [6.07, 6.45) is 2.10. The second-order valence-corrected chi connectivity index (χ2v) is 6.91. The van der Waals surface area contributed by atoms with Gasteiger partial charge in [-0.15, -0.1) is 0 Å². The molecule has 0 aliphatic heterocycles. The van der Waals surface area contributed by atoms with E-state index in [1.807, 2.05) is 18.7 Å². The first kappa shape index (κ1) is 19.8. The van der Waals surface area contributed by atoms with E-state index >= 15 is 0 Å². The van der Waals surface area contributed by atoms with Gasteiger partial charge in [-0.3, -0.25) is 0 Å². The Balaban J connectivity index is 1.94. The van der Waals surface area contributed by atoms with Crippen LogP contribution in [0.1, 0.15) is 26.7 Å². The molecule has 0 N–H and O–H groups in total. The molecule has 2 rings (SSSR count). The first-order valence-electron chi connectivity index (χ1n) is 8.79. The van der Waals surface area contributed by atoms with E-state index in [2.05, 4.69) is 11.8 Å². The van der Waals surface area contributed by atoms with Crippen LogP contribution in [0.2, 0.25) is 0 Å². The molecule has 0 saturated carbocycles. The van der Waals surface area contributed by atoms with E-state index in [0.717, 1.165) is 61.7 Å². The van der Waals surface area contributed by atoms with Crippen LogP contribution < -0.4 is 10.5 Å². The highest BCUT2D eigenvalue weighted by Crippen LogP contribution is 2.26. The van der Waals surface area contributed by atoms with Gasteiger partial charge in [0.1, 0.15) is 11.4 Å². The van der Waals surface area contributed by atoms with Crippen molar-refractivity contribution >= 4 is 28.4 Å². The minimum atomic E-state index is -0.447. The van der Waals surface area contributed by atoms with E-state index in [9.17, 15) is 9.18 Å². The Kier molecular flexibility index (Phi) is 8.28. The maximum absolute atomic E-state index is 13.4. The molecule has 1 heterocycles. The van der Waals surface area contributed by atoms with Crippen LogP contribution in [0.3, 0.4) is 0 Å². The van der Waals surface area contributed by atoms with Gasteiger partial charge in [-0.1, -0.05) is 0 Å². The van der Waals surface area contributed by atoms with Gasteiger partial charge in [-0.05, 0) is 50.3 Å². The molecule has 138 valence electrons. The van der Waals surface area contributed by atoms with E-state index in [1.54, 1.807) is 6.07 Å². The van der Waals surface area contributed by atoms with Gasteiger partial charge in [-0.25, -0.2) is 9.18 Å². The summed E-state index contributed by atoms with van der Waals surface area (Å²) in [4.78, 5) is 14.0. The SMILES string of the molecule is CCOCCCSCCCN(CC)c1cc(=O)oc2cc(F)ccc12. The predicted octanol–water partition coefficient (Wildman–Crippen LogP) is 4.31. The Hall–Kier alpha value is -1.53. The van der Waals surface area contributed by atoms with Crippen molar-refractivity contribution in [1.82, 2.24) is 0 Å². The molecule has 1 aromatic carbocycles. The monoisotopic (exact) mass is 367 g/mol. The van der Waals surface area contributed by atoms with Gasteiger partial charge < -0.3 is 14.1 Å². The van der Waals surface area contributed by atoms with E-state index in [-0.39, 0.29) is 0 Å². The van der Waals surface area contributed by atoms with Crippen molar-refractivity contribution in [2.24, 2.45) is 0 Å². The predicted molar refractivity (Wildman–Crippen MR) is 103 cm³/mol. The zero-order valence-corrected chi connectivity index (χ0v) is 15.7. The zero-order valence-electron chi connectivity index (χ0n) is 14.9. The van der Waals surface area contributed by atoms with E-state index < -0.39 is 11.4 Å². The fraction of sp³-hybridized carbons (Fsp3) is 0.526. The van der Waals surface area contributed by atoms with Crippen LogP contribution in [0.4, 0.5) is 10.1 Å². The number of nitrogens with zero attached hydrogens (tertiary/aromatic N) is 1. The third-order valence-corrected chi connectivity index (χ3v) is 5.06. The summed E-state index contributed by atoms with van der Waals surface area (Å²) in [5.74, 6) is 1.76. The molecule has 4 nitrogen and oxygen atoms in total. The number of benzene rings is 1. The summed E-state index contributed by atoms with van der Waals surface area (Å²) in [6.45, 7) is 7.30. The van der Waals surface area contributed by atoms with Crippen molar-refractivity contribution in [3.05, 3.63) is 40.5 Å². The molecule has 0 aliphatic carbocycles. The van der Waals surface area contributed by atoms with Crippen LogP contribution in [-0.4, -0.2) is 37.8 Å². The number of halogens is 1. The lowest BCUT2D eigenvalue weighted by molar-refractivity contribution is 0.149. The Morgan fingerprint density at radius 2 is 2.00 bits per heavy atom. The lowest BCUT2D eigenvalue weighted by Crippen LogP contribution is -2.25. The molecule has 0 aliphatic rings.